The van der Waals surface area contributed by atoms with Gasteiger partial charge >= 0.3 is 0 Å². The zero-order chi connectivity index (χ0) is 13.7. The van der Waals surface area contributed by atoms with Crippen LogP contribution >= 0.6 is 0 Å². The van der Waals surface area contributed by atoms with Gasteiger partial charge in [0.1, 0.15) is 6.29 Å². The molecule has 1 fully saturated rings. The molecule has 19 heavy (non-hydrogen) atoms. The lowest BCUT2D eigenvalue weighted by atomic mass is 10.0. The molecule has 2 rings (SSSR count). The highest BCUT2D eigenvalue weighted by Gasteiger charge is 2.31. The molecule has 0 N–H and O–H groups in total. The minimum Gasteiger partial charge on any atom is -0.303 e. The Morgan fingerprint density at radius 3 is 2.53 bits per heavy atom. The topological polar surface area (TPSA) is 23.6 Å². The summed E-state index contributed by atoms with van der Waals surface area (Å²) in [6.07, 6.45) is 2.83. The first kappa shape index (κ1) is 14.2. The maximum absolute atomic E-state index is 10.9. The molecule has 0 radical (unpaired) electrons. The molecule has 0 saturated carbocycles. The monoisotopic (exact) mass is 260 g/mol. The number of piperazine rings is 1. The predicted octanol–water partition coefficient (Wildman–Crippen LogP) is 2.17. The highest BCUT2D eigenvalue weighted by molar-refractivity contribution is 5.50. The van der Waals surface area contributed by atoms with Crippen LogP contribution in [0.1, 0.15) is 25.3 Å². The number of nitrogens with zero attached hydrogens (tertiary/aromatic N) is 2. The zero-order valence-electron chi connectivity index (χ0n) is 12.0. The molecule has 2 unspecified atom stereocenters. The summed E-state index contributed by atoms with van der Waals surface area (Å²) in [6.45, 7) is 5.27. The lowest BCUT2D eigenvalue weighted by Gasteiger charge is -2.45. The van der Waals surface area contributed by atoms with Gasteiger partial charge in [0.15, 0.2) is 0 Å². The maximum atomic E-state index is 10.9. The fraction of sp³-hybridized carbons (Fsp3) is 0.562. The van der Waals surface area contributed by atoms with Gasteiger partial charge in [-0.1, -0.05) is 37.3 Å². The van der Waals surface area contributed by atoms with E-state index >= 15 is 0 Å². The molecular weight excluding hydrogens is 236 g/mol. The van der Waals surface area contributed by atoms with E-state index in [0.717, 1.165) is 32.3 Å². The zero-order valence-corrected chi connectivity index (χ0v) is 12.0. The number of aldehydes is 1. The first-order valence-corrected chi connectivity index (χ1v) is 7.16. The maximum Gasteiger partial charge on any atom is 0.121 e. The van der Waals surface area contributed by atoms with Gasteiger partial charge in [-0.2, -0.15) is 0 Å². The van der Waals surface area contributed by atoms with E-state index in [4.69, 9.17) is 0 Å². The molecule has 0 amide bonds. The van der Waals surface area contributed by atoms with Crippen molar-refractivity contribution in [1.29, 1.82) is 0 Å². The molecule has 1 aliphatic heterocycles. The second-order valence-corrected chi connectivity index (χ2v) is 5.50. The van der Waals surface area contributed by atoms with Gasteiger partial charge in [0.05, 0.1) is 0 Å². The highest BCUT2D eigenvalue weighted by Crippen LogP contribution is 2.21. The van der Waals surface area contributed by atoms with E-state index in [0.29, 0.717) is 18.5 Å². The summed E-state index contributed by atoms with van der Waals surface area (Å²) in [7, 11) is 2.15. The van der Waals surface area contributed by atoms with Crippen LogP contribution in [0.3, 0.4) is 0 Å². The smallest absolute Gasteiger partial charge is 0.121 e. The van der Waals surface area contributed by atoms with Crippen molar-refractivity contribution in [2.75, 3.05) is 20.1 Å². The largest absolute Gasteiger partial charge is 0.303 e. The van der Waals surface area contributed by atoms with Crippen molar-refractivity contribution in [3.63, 3.8) is 0 Å². The second-order valence-electron chi connectivity index (χ2n) is 5.50. The van der Waals surface area contributed by atoms with E-state index in [9.17, 15) is 4.79 Å². The SMILES string of the molecule is CCC1CN(C)CC(CC=O)N1Cc1ccccc1. The lowest BCUT2D eigenvalue weighted by molar-refractivity contribution is -0.110. The number of hydrogen-bond acceptors (Lipinski definition) is 3. The molecule has 3 nitrogen and oxygen atoms in total. The van der Waals surface area contributed by atoms with Gasteiger partial charge in [-0.25, -0.2) is 0 Å². The molecule has 104 valence electrons. The van der Waals surface area contributed by atoms with Gasteiger partial charge < -0.3 is 9.69 Å². The van der Waals surface area contributed by atoms with E-state index in [-0.39, 0.29) is 0 Å². The Kier molecular flexibility index (Phi) is 5.11. The summed E-state index contributed by atoms with van der Waals surface area (Å²) in [5.74, 6) is 0. The summed E-state index contributed by atoms with van der Waals surface area (Å²) in [6, 6.07) is 11.5. The van der Waals surface area contributed by atoms with Crippen LogP contribution in [-0.4, -0.2) is 48.3 Å². The van der Waals surface area contributed by atoms with E-state index in [1.165, 1.54) is 5.56 Å². The number of rotatable bonds is 5. The van der Waals surface area contributed by atoms with Crippen LogP contribution in [0.15, 0.2) is 30.3 Å². The van der Waals surface area contributed by atoms with Crippen molar-refractivity contribution in [2.24, 2.45) is 0 Å². The Balaban J connectivity index is 2.13. The van der Waals surface area contributed by atoms with E-state index in [1.54, 1.807) is 0 Å². The number of carbonyl (C=O) groups excluding carboxylic acids is 1. The third-order valence-electron chi connectivity index (χ3n) is 4.03. The Hall–Kier alpha value is -1.19. The molecule has 3 heteroatoms. The van der Waals surface area contributed by atoms with Crippen LogP contribution in [0.4, 0.5) is 0 Å². The molecule has 1 aromatic carbocycles. The molecule has 2 atom stereocenters. The highest BCUT2D eigenvalue weighted by atomic mass is 16.1. The predicted molar refractivity (Wildman–Crippen MR) is 78.0 cm³/mol. The summed E-state index contributed by atoms with van der Waals surface area (Å²) >= 11 is 0. The molecule has 0 spiro atoms. The van der Waals surface area contributed by atoms with E-state index in [1.807, 2.05) is 6.07 Å². The van der Waals surface area contributed by atoms with E-state index in [2.05, 4.69) is 48.0 Å². The van der Waals surface area contributed by atoms with Crippen LogP contribution in [0, 0.1) is 0 Å². The van der Waals surface area contributed by atoms with Crippen molar-refractivity contribution in [3.8, 4) is 0 Å². The average molecular weight is 260 g/mol. The Bertz CT molecular complexity index is 393. The number of hydrogen-bond donors (Lipinski definition) is 0. The van der Waals surface area contributed by atoms with Gasteiger partial charge in [0.2, 0.25) is 0 Å². The first-order chi connectivity index (χ1) is 9.24. The third kappa shape index (κ3) is 3.64. The summed E-state index contributed by atoms with van der Waals surface area (Å²) in [4.78, 5) is 15.8. The van der Waals surface area contributed by atoms with E-state index < -0.39 is 0 Å². The Morgan fingerprint density at radius 2 is 1.89 bits per heavy atom. The normalized spacial score (nSPS) is 25.4. The summed E-state index contributed by atoms with van der Waals surface area (Å²) < 4.78 is 0. The molecule has 0 aliphatic carbocycles. The molecule has 1 saturated heterocycles. The fourth-order valence-electron chi connectivity index (χ4n) is 3.04. The van der Waals surface area contributed by atoms with Gasteiger partial charge in [-0.15, -0.1) is 0 Å². The molecule has 1 heterocycles. The van der Waals surface area contributed by atoms with Crippen molar-refractivity contribution in [1.82, 2.24) is 9.80 Å². The van der Waals surface area contributed by atoms with Crippen LogP contribution in [0.2, 0.25) is 0 Å². The first-order valence-electron chi connectivity index (χ1n) is 7.16. The van der Waals surface area contributed by atoms with Crippen molar-refractivity contribution >= 4 is 6.29 Å². The number of benzene rings is 1. The lowest BCUT2D eigenvalue weighted by Crippen LogP contribution is -2.57. The molecular formula is C16H24N2O. The van der Waals surface area contributed by atoms with Crippen LogP contribution in [-0.2, 0) is 11.3 Å². The standard InChI is InChI=1S/C16H24N2O/c1-3-15-12-17(2)13-16(9-10-19)18(15)11-14-7-5-4-6-8-14/h4-8,10,15-16H,3,9,11-13H2,1-2H3. The van der Waals surface area contributed by atoms with Crippen LogP contribution in [0.25, 0.3) is 0 Å². The number of carbonyl (C=O) groups is 1. The van der Waals surface area contributed by atoms with Gasteiger partial charge in [-0.05, 0) is 19.0 Å². The second kappa shape index (κ2) is 6.83. The molecule has 1 aliphatic rings. The van der Waals surface area contributed by atoms with Gasteiger partial charge in [-0.3, -0.25) is 4.90 Å². The summed E-state index contributed by atoms with van der Waals surface area (Å²) in [5, 5.41) is 0. The van der Waals surface area contributed by atoms with Gasteiger partial charge in [0.25, 0.3) is 0 Å². The van der Waals surface area contributed by atoms with Crippen LogP contribution in [0.5, 0.6) is 0 Å². The quantitative estimate of drug-likeness (QED) is 0.758. The molecule has 0 bridgehead atoms. The average Bonchev–Trinajstić information content (AvgIpc) is 2.43. The fourth-order valence-corrected chi connectivity index (χ4v) is 3.04. The minimum absolute atomic E-state index is 0.349. The molecule has 0 aromatic heterocycles. The minimum atomic E-state index is 0.349. The van der Waals surface area contributed by atoms with Gasteiger partial charge in [0, 0.05) is 38.1 Å². The number of likely N-dealkylation sites (N-methyl/N-ethyl adjacent to an activating group) is 1. The van der Waals surface area contributed by atoms with Crippen LogP contribution < -0.4 is 0 Å². The Labute approximate surface area is 116 Å². The Morgan fingerprint density at radius 1 is 1.21 bits per heavy atom. The van der Waals surface area contributed by atoms with Crippen molar-refractivity contribution in [2.45, 2.75) is 38.4 Å². The van der Waals surface area contributed by atoms with Crippen molar-refractivity contribution < 1.29 is 4.79 Å². The summed E-state index contributed by atoms with van der Waals surface area (Å²) in [5.41, 5.74) is 1.33. The van der Waals surface area contributed by atoms with Crippen molar-refractivity contribution in [3.05, 3.63) is 35.9 Å². The third-order valence-corrected chi connectivity index (χ3v) is 4.03. The molecule has 1 aromatic rings.